The average Bonchev–Trinajstić information content (AvgIpc) is 3.27. The fourth-order valence-corrected chi connectivity index (χ4v) is 7.52. The summed E-state index contributed by atoms with van der Waals surface area (Å²) in [6, 6.07) is 8.86. The number of pyridine rings is 1. The number of hydrogen-bond acceptors (Lipinski definition) is 6. The number of ether oxygens (including phenoxy) is 1. The van der Waals surface area contributed by atoms with E-state index < -0.39 is 0 Å². The van der Waals surface area contributed by atoms with Gasteiger partial charge in [-0.05, 0) is 89.9 Å². The number of thioether (sulfide) groups is 1. The number of benzene rings is 1. The van der Waals surface area contributed by atoms with E-state index in [1.165, 1.54) is 11.8 Å². The third-order valence-corrected chi connectivity index (χ3v) is 10.1. The zero-order valence-electron chi connectivity index (χ0n) is 25.4. The molecule has 1 aliphatic carbocycles. The molecule has 8 nitrogen and oxygen atoms in total. The van der Waals surface area contributed by atoms with Crippen molar-refractivity contribution in [2.45, 2.75) is 70.0 Å². The lowest BCUT2D eigenvalue weighted by Crippen LogP contribution is -2.44. The lowest BCUT2D eigenvalue weighted by atomic mass is 9.83. The second-order valence-corrected chi connectivity index (χ2v) is 12.7. The maximum Gasteiger partial charge on any atom is 0.254 e. The fourth-order valence-electron chi connectivity index (χ4n) is 6.81. The minimum absolute atomic E-state index is 0.135. The van der Waals surface area contributed by atoms with Gasteiger partial charge in [-0.25, -0.2) is 0 Å². The van der Waals surface area contributed by atoms with E-state index in [1.54, 1.807) is 0 Å². The van der Waals surface area contributed by atoms with Crippen LogP contribution in [0.5, 0.6) is 0 Å². The van der Waals surface area contributed by atoms with Crippen LogP contribution in [0, 0.1) is 19.8 Å². The number of H-pyrrole nitrogens is 1. The number of aromatic amines is 1. The van der Waals surface area contributed by atoms with Crippen LogP contribution in [0.4, 0.5) is 5.69 Å². The van der Waals surface area contributed by atoms with Crippen LogP contribution in [0.3, 0.4) is 0 Å². The van der Waals surface area contributed by atoms with Crippen molar-refractivity contribution in [1.29, 1.82) is 0 Å². The van der Waals surface area contributed by atoms with E-state index in [2.05, 4.69) is 63.8 Å². The Labute approximate surface area is 247 Å². The monoisotopic (exact) mass is 579 g/mol. The first kappa shape index (κ1) is 29.7. The van der Waals surface area contributed by atoms with Crippen LogP contribution in [-0.4, -0.2) is 73.1 Å². The zero-order valence-corrected chi connectivity index (χ0v) is 26.2. The molecule has 3 aromatic rings. The van der Waals surface area contributed by atoms with Gasteiger partial charge in [0, 0.05) is 84.3 Å². The van der Waals surface area contributed by atoms with Crippen LogP contribution >= 0.6 is 11.8 Å². The molecule has 41 heavy (non-hydrogen) atoms. The van der Waals surface area contributed by atoms with Gasteiger partial charge in [-0.1, -0.05) is 0 Å². The number of fused-ring (bicyclic) bond motifs is 1. The van der Waals surface area contributed by atoms with Crippen molar-refractivity contribution < 1.29 is 9.53 Å². The first-order valence-electron chi connectivity index (χ1n) is 14.9. The standard InChI is InChI=1S/C32H45N5O3S/c1-20-17-29(41-6)27(31(38)34-20)19-33-32(39)30-22(3)37(21(2)23-7-10-25(40-5)11-8-23)28-12-9-24(18-26(28)30)36-15-13-35(4)14-16-36/h9,12,17-18,21,23,25H,7-8,10-11,13-16,19H2,1-6H3,(H,33,39)(H,34,38)/t21-,23?,25?/m1/s1. The second kappa shape index (κ2) is 12.6. The summed E-state index contributed by atoms with van der Waals surface area (Å²) in [6.07, 6.45) is 6.70. The van der Waals surface area contributed by atoms with Crippen molar-refractivity contribution in [2.24, 2.45) is 5.92 Å². The highest BCUT2D eigenvalue weighted by Crippen LogP contribution is 2.39. The van der Waals surface area contributed by atoms with Gasteiger partial charge in [0.15, 0.2) is 0 Å². The number of methoxy groups -OCH3 is 1. The minimum atomic E-state index is -0.147. The smallest absolute Gasteiger partial charge is 0.254 e. The van der Waals surface area contributed by atoms with Crippen molar-refractivity contribution in [3.63, 3.8) is 0 Å². The topological polar surface area (TPSA) is 82.6 Å². The molecule has 0 radical (unpaired) electrons. The number of carbonyl (C=O) groups is 1. The highest BCUT2D eigenvalue weighted by Gasteiger charge is 2.30. The van der Waals surface area contributed by atoms with Crippen LogP contribution in [0.2, 0.25) is 0 Å². The van der Waals surface area contributed by atoms with E-state index in [-0.39, 0.29) is 24.1 Å². The molecule has 5 rings (SSSR count). The Hall–Kier alpha value is -2.75. The van der Waals surface area contributed by atoms with Gasteiger partial charge in [-0.2, -0.15) is 0 Å². The molecule has 1 amide bonds. The van der Waals surface area contributed by atoms with Crippen LogP contribution < -0.4 is 15.8 Å². The molecule has 1 atom stereocenters. The third-order valence-electron chi connectivity index (χ3n) is 9.34. The number of amides is 1. The molecule has 222 valence electrons. The van der Waals surface area contributed by atoms with Crippen LogP contribution in [0.1, 0.15) is 66.0 Å². The first-order valence-corrected chi connectivity index (χ1v) is 16.1. The molecule has 1 aliphatic heterocycles. The van der Waals surface area contributed by atoms with Crippen molar-refractivity contribution in [2.75, 3.05) is 51.5 Å². The highest BCUT2D eigenvalue weighted by molar-refractivity contribution is 7.98. The number of hydrogen-bond donors (Lipinski definition) is 2. The first-order chi connectivity index (χ1) is 19.7. The van der Waals surface area contributed by atoms with Crippen molar-refractivity contribution in [3.05, 3.63) is 57.1 Å². The largest absolute Gasteiger partial charge is 0.381 e. The third kappa shape index (κ3) is 6.08. The number of carbonyl (C=O) groups excluding carboxylic acids is 1. The van der Waals surface area contributed by atoms with E-state index in [0.717, 1.165) is 84.7 Å². The molecule has 2 aromatic heterocycles. The number of likely N-dealkylation sites (N-methyl/N-ethyl adjacent to an activating group) is 1. The van der Waals surface area contributed by atoms with Gasteiger partial charge in [-0.15, -0.1) is 11.8 Å². The molecule has 0 unspecified atom stereocenters. The Morgan fingerprint density at radius 3 is 2.49 bits per heavy atom. The maximum absolute atomic E-state index is 14.0. The number of rotatable bonds is 8. The Bertz CT molecular complexity index is 1450. The number of nitrogens with one attached hydrogen (secondary N) is 2. The van der Waals surface area contributed by atoms with Crippen LogP contribution in [-0.2, 0) is 11.3 Å². The predicted molar refractivity (Wildman–Crippen MR) is 169 cm³/mol. The number of aromatic nitrogens is 2. The van der Waals surface area contributed by atoms with Gasteiger partial charge >= 0.3 is 0 Å². The molecule has 2 aliphatic rings. The molecule has 9 heteroatoms. The van der Waals surface area contributed by atoms with Gasteiger partial charge in [0.1, 0.15) is 0 Å². The normalized spacial score (nSPS) is 20.9. The maximum atomic E-state index is 14.0. The summed E-state index contributed by atoms with van der Waals surface area (Å²) in [5.74, 6) is 0.392. The lowest BCUT2D eigenvalue weighted by molar-refractivity contribution is 0.0492. The summed E-state index contributed by atoms with van der Waals surface area (Å²) >= 11 is 1.53. The highest BCUT2D eigenvalue weighted by atomic mass is 32.2. The number of aryl methyl sites for hydroxylation is 1. The van der Waals surface area contributed by atoms with Crippen molar-refractivity contribution in [1.82, 2.24) is 19.8 Å². The zero-order chi connectivity index (χ0) is 29.3. The summed E-state index contributed by atoms with van der Waals surface area (Å²) in [7, 11) is 3.98. The van der Waals surface area contributed by atoms with E-state index >= 15 is 0 Å². The molecule has 1 aromatic carbocycles. The summed E-state index contributed by atoms with van der Waals surface area (Å²) in [5, 5.41) is 4.09. The molecule has 0 spiro atoms. The average molecular weight is 580 g/mol. The molecule has 2 N–H and O–H groups in total. The van der Waals surface area contributed by atoms with Gasteiger partial charge in [-0.3, -0.25) is 9.59 Å². The summed E-state index contributed by atoms with van der Waals surface area (Å²) < 4.78 is 8.02. The summed E-state index contributed by atoms with van der Waals surface area (Å²) in [5.41, 5.74) is 5.22. The van der Waals surface area contributed by atoms with E-state index in [9.17, 15) is 9.59 Å². The molecule has 2 fully saturated rings. The van der Waals surface area contributed by atoms with E-state index in [1.807, 2.05) is 26.4 Å². The fraction of sp³-hybridized carbons (Fsp3) is 0.562. The van der Waals surface area contributed by atoms with Gasteiger partial charge in [0.25, 0.3) is 11.5 Å². The Balaban J connectivity index is 1.51. The Morgan fingerprint density at radius 1 is 1.12 bits per heavy atom. The summed E-state index contributed by atoms with van der Waals surface area (Å²) in [4.78, 5) is 35.3. The molecular formula is C32H45N5O3S. The van der Waals surface area contributed by atoms with E-state index in [4.69, 9.17) is 4.74 Å². The molecule has 1 saturated heterocycles. The molecule has 1 saturated carbocycles. The van der Waals surface area contributed by atoms with Crippen molar-refractivity contribution >= 4 is 34.3 Å². The Morgan fingerprint density at radius 2 is 1.83 bits per heavy atom. The van der Waals surface area contributed by atoms with Crippen molar-refractivity contribution in [3.8, 4) is 0 Å². The van der Waals surface area contributed by atoms with E-state index in [0.29, 0.717) is 23.1 Å². The second-order valence-electron chi connectivity index (χ2n) is 11.8. The van der Waals surface area contributed by atoms with Gasteiger partial charge in [0.2, 0.25) is 0 Å². The SMILES string of the molecule is COC1CCC([C@@H](C)n2c(C)c(C(=O)NCc3c(SC)cc(C)[nH]c3=O)c3cc(N4CCN(C)CC4)ccc32)CC1. The molecule has 0 bridgehead atoms. The van der Waals surface area contributed by atoms with Crippen LogP contribution in [0.25, 0.3) is 10.9 Å². The molecule has 3 heterocycles. The minimum Gasteiger partial charge on any atom is -0.381 e. The quantitative estimate of drug-likeness (QED) is 0.361. The molecular weight excluding hydrogens is 534 g/mol. The number of anilines is 1. The number of piperazine rings is 1. The Kier molecular flexibility index (Phi) is 9.16. The summed E-state index contributed by atoms with van der Waals surface area (Å²) in [6.45, 7) is 10.4. The van der Waals surface area contributed by atoms with Gasteiger partial charge < -0.3 is 29.4 Å². The number of nitrogens with zero attached hydrogens (tertiary/aromatic N) is 3. The predicted octanol–water partition coefficient (Wildman–Crippen LogP) is 5.12. The van der Waals surface area contributed by atoms with Crippen LogP contribution in [0.15, 0.2) is 34.0 Å². The van der Waals surface area contributed by atoms with Gasteiger partial charge in [0.05, 0.1) is 11.7 Å². The lowest BCUT2D eigenvalue weighted by Gasteiger charge is -2.34.